The van der Waals surface area contributed by atoms with E-state index in [0.717, 1.165) is 32.5 Å². The Hall–Kier alpha value is -0.370. The lowest BCUT2D eigenvalue weighted by Crippen LogP contribution is -2.39. The van der Waals surface area contributed by atoms with Crippen LogP contribution in [0.25, 0.3) is 0 Å². The van der Waals surface area contributed by atoms with Crippen LogP contribution in [0.2, 0.25) is 0 Å². The van der Waals surface area contributed by atoms with Gasteiger partial charge < -0.3 is 9.53 Å². The van der Waals surface area contributed by atoms with Gasteiger partial charge in [0.05, 0.1) is 0 Å². The van der Waals surface area contributed by atoms with Gasteiger partial charge in [0.25, 0.3) is 0 Å². The van der Waals surface area contributed by atoms with Crippen LogP contribution in [0, 0.1) is 10.8 Å². The minimum absolute atomic E-state index is 0.0482. The van der Waals surface area contributed by atoms with Crippen molar-refractivity contribution in [3.63, 3.8) is 0 Å². The van der Waals surface area contributed by atoms with Crippen LogP contribution in [0.4, 0.5) is 0 Å². The molecule has 0 unspecified atom stereocenters. The minimum atomic E-state index is -0.0482. The maximum Gasteiger partial charge on any atom is 0.126 e. The van der Waals surface area contributed by atoms with Gasteiger partial charge in [-0.1, -0.05) is 13.3 Å². The normalized spacial score (nSPS) is 29.2. The van der Waals surface area contributed by atoms with Crippen LogP contribution in [0.1, 0.15) is 45.4 Å². The van der Waals surface area contributed by atoms with Crippen LogP contribution in [-0.4, -0.2) is 19.5 Å². The Morgan fingerprint density at radius 3 is 2.29 bits per heavy atom. The van der Waals surface area contributed by atoms with E-state index in [-0.39, 0.29) is 5.41 Å². The predicted octanol–water partition coefficient (Wildman–Crippen LogP) is 2.56. The van der Waals surface area contributed by atoms with Gasteiger partial charge in [-0.05, 0) is 37.5 Å². The summed E-state index contributed by atoms with van der Waals surface area (Å²) >= 11 is 0. The van der Waals surface area contributed by atoms with Crippen molar-refractivity contribution in [2.45, 2.75) is 45.4 Å². The average Bonchev–Trinajstić information content (AvgIpc) is 2.17. The summed E-state index contributed by atoms with van der Waals surface area (Å²) in [6, 6.07) is 0. The zero-order valence-corrected chi connectivity index (χ0v) is 9.05. The standard InChI is InChI=1S/C12H20O2/c1-11(3-2-4-11)9-12(10-13)5-7-14-8-6-12/h10H,2-9H2,1H3. The number of aldehydes is 1. The number of carbonyl (C=O) groups is 1. The molecule has 0 aromatic heterocycles. The van der Waals surface area contributed by atoms with Crippen molar-refractivity contribution in [3.05, 3.63) is 0 Å². The topological polar surface area (TPSA) is 26.3 Å². The molecule has 0 N–H and O–H groups in total. The fourth-order valence-electron chi connectivity index (χ4n) is 2.92. The lowest BCUT2D eigenvalue weighted by molar-refractivity contribution is -0.125. The van der Waals surface area contributed by atoms with Crippen LogP contribution in [0.5, 0.6) is 0 Å². The summed E-state index contributed by atoms with van der Waals surface area (Å²) in [4.78, 5) is 11.2. The van der Waals surface area contributed by atoms with Crippen LogP contribution in [0.3, 0.4) is 0 Å². The lowest BCUT2D eigenvalue weighted by atomic mass is 9.60. The molecule has 2 aliphatic rings. The van der Waals surface area contributed by atoms with Crippen molar-refractivity contribution in [2.75, 3.05) is 13.2 Å². The minimum Gasteiger partial charge on any atom is -0.381 e. The van der Waals surface area contributed by atoms with Gasteiger partial charge in [0.2, 0.25) is 0 Å². The number of carbonyl (C=O) groups excluding carboxylic acids is 1. The highest BCUT2D eigenvalue weighted by Gasteiger charge is 2.42. The van der Waals surface area contributed by atoms with E-state index in [0.29, 0.717) is 5.41 Å². The first-order valence-corrected chi connectivity index (χ1v) is 5.72. The molecular weight excluding hydrogens is 176 g/mol. The average molecular weight is 196 g/mol. The molecule has 2 heteroatoms. The molecule has 0 bridgehead atoms. The van der Waals surface area contributed by atoms with Gasteiger partial charge in [-0.25, -0.2) is 0 Å². The van der Waals surface area contributed by atoms with Crippen molar-refractivity contribution in [3.8, 4) is 0 Å². The Morgan fingerprint density at radius 1 is 1.21 bits per heavy atom. The third-order valence-corrected chi connectivity index (χ3v) is 4.08. The fourth-order valence-corrected chi connectivity index (χ4v) is 2.92. The second-order valence-corrected chi connectivity index (χ2v) is 5.43. The molecule has 2 fully saturated rings. The monoisotopic (exact) mass is 196 g/mol. The smallest absolute Gasteiger partial charge is 0.126 e. The van der Waals surface area contributed by atoms with Gasteiger partial charge in [-0.2, -0.15) is 0 Å². The van der Waals surface area contributed by atoms with Crippen molar-refractivity contribution in [1.82, 2.24) is 0 Å². The van der Waals surface area contributed by atoms with Crippen LogP contribution in [-0.2, 0) is 9.53 Å². The maximum absolute atomic E-state index is 11.2. The van der Waals surface area contributed by atoms with E-state index < -0.39 is 0 Å². The molecule has 1 heterocycles. The molecule has 2 nitrogen and oxygen atoms in total. The Bertz CT molecular complexity index is 212. The van der Waals surface area contributed by atoms with E-state index in [1.54, 1.807) is 0 Å². The highest BCUT2D eigenvalue weighted by atomic mass is 16.5. The molecule has 1 aliphatic heterocycles. The quantitative estimate of drug-likeness (QED) is 0.648. The summed E-state index contributed by atoms with van der Waals surface area (Å²) in [5, 5.41) is 0. The summed E-state index contributed by atoms with van der Waals surface area (Å²) in [5.74, 6) is 0. The van der Waals surface area contributed by atoms with Crippen molar-refractivity contribution in [1.29, 1.82) is 0 Å². The summed E-state index contributed by atoms with van der Waals surface area (Å²) in [6.45, 7) is 3.88. The molecule has 1 saturated carbocycles. The van der Waals surface area contributed by atoms with E-state index in [1.165, 1.54) is 25.5 Å². The zero-order valence-electron chi connectivity index (χ0n) is 9.05. The predicted molar refractivity (Wildman–Crippen MR) is 55.1 cm³/mol. The second-order valence-electron chi connectivity index (χ2n) is 5.43. The van der Waals surface area contributed by atoms with E-state index in [1.807, 2.05) is 0 Å². The molecule has 2 rings (SSSR count). The van der Waals surface area contributed by atoms with Gasteiger partial charge in [0.15, 0.2) is 0 Å². The molecule has 1 aliphatic carbocycles. The molecular formula is C12H20O2. The van der Waals surface area contributed by atoms with Gasteiger partial charge in [0, 0.05) is 18.6 Å². The van der Waals surface area contributed by atoms with Gasteiger partial charge in [-0.15, -0.1) is 0 Å². The Morgan fingerprint density at radius 2 is 1.86 bits per heavy atom. The maximum atomic E-state index is 11.2. The molecule has 0 radical (unpaired) electrons. The highest BCUT2D eigenvalue weighted by molar-refractivity contribution is 5.59. The molecule has 0 amide bonds. The molecule has 14 heavy (non-hydrogen) atoms. The second kappa shape index (κ2) is 3.65. The Balaban J connectivity index is 2.00. The van der Waals surface area contributed by atoms with E-state index >= 15 is 0 Å². The first-order valence-electron chi connectivity index (χ1n) is 5.72. The van der Waals surface area contributed by atoms with Crippen molar-refractivity contribution >= 4 is 6.29 Å². The summed E-state index contributed by atoms with van der Waals surface area (Å²) < 4.78 is 5.33. The number of hydrogen-bond donors (Lipinski definition) is 0. The molecule has 0 aromatic rings. The molecule has 0 aromatic carbocycles. The number of ether oxygens (including phenoxy) is 1. The fraction of sp³-hybridized carbons (Fsp3) is 0.917. The molecule has 80 valence electrons. The lowest BCUT2D eigenvalue weighted by Gasteiger charge is -2.45. The van der Waals surface area contributed by atoms with Crippen LogP contribution in [0.15, 0.2) is 0 Å². The summed E-state index contributed by atoms with van der Waals surface area (Å²) in [7, 11) is 0. The van der Waals surface area contributed by atoms with E-state index in [4.69, 9.17) is 4.74 Å². The van der Waals surface area contributed by atoms with Gasteiger partial charge >= 0.3 is 0 Å². The molecule has 1 saturated heterocycles. The summed E-state index contributed by atoms with van der Waals surface area (Å²) in [6.07, 6.45) is 8.14. The Kier molecular flexibility index (Phi) is 2.65. The number of hydrogen-bond acceptors (Lipinski definition) is 2. The van der Waals surface area contributed by atoms with Gasteiger partial charge in [0.1, 0.15) is 6.29 Å². The third-order valence-electron chi connectivity index (χ3n) is 4.08. The largest absolute Gasteiger partial charge is 0.381 e. The first-order chi connectivity index (χ1) is 6.68. The number of rotatable bonds is 3. The van der Waals surface area contributed by atoms with Gasteiger partial charge in [-0.3, -0.25) is 0 Å². The van der Waals surface area contributed by atoms with Crippen LogP contribution >= 0.6 is 0 Å². The van der Waals surface area contributed by atoms with E-state index in [2.05, 4.69) is 6.92 Å². The molecule has 0 atom stereocenters. The van der Waals surface area contributed by atoms with E-state index in [9.17, 15) is 4.79 Å². The Labute approximate surface area is 86.0 Å². The SMILES string of the molecule is CC1(CC2(C=O)CCOCC2)CCC1. The summed E-state index contributed by atoms with van der Waals surface area (Å²) in [5.41, 5.74) is 0.408. The molecule has 0 spiro atoms. The third kappa shape index (κ3) is 1.85. The highest BCUT2D eigenvalue weighted by Crippen LogP contribution is 2.50. The zero-order chi connectivity index (χ0) is 10.1. The first kappa shape index (κ1) is 10.2. The van der Waals surface area contributed by atoms with Crippen LogP contribution < -0.4 is 0 Å². The van der Waals surface area contributed by atoms with Crippen molar-refractivity contribution in [2.24, 2.45) is 10.8 Å². The van der Waals surface area contributed by atoms with Crippen molar-refractivity contribution < 1.29 is 9.53 Å².